The van der Waals surface area contributed by atoms with Crippen LogP contribution in [0.15, 0.2) is 77.8 Å². The minimum Gasteiger partial charge on any atom is -0.352 e. The number of hydrogen-bond donors (Lipinski definition) is 2. The standard InChI is InChI=1S/C21H21N3O3S/c1-16-8-10-19(11-9-16)24-28(26,27)20-7-4-5-17(15-20)21(25)23-14-12-18-6-2-3-13-22-18/h2-11,13,15,24H,12,14H2,1H3,(H,23,25). The summed E-state index contributed by atoms with van der Waals surface area (Å²) >= 11 is 0. The number of rotatable bonds is 7. The van der Waals surface area contributed by atoms with Gasteiger partial charge in [-0.1, -0.05) is 29.8 Å². The van der Waals surface area contributed by atoms with Crippen LogP contribution in [0.3, 0.4) is 0 Å². The van der Waals surface area contributed by atoms with Crippen LogP contribution in [-0.4, -0.2) is 25.9 Å². The Kier molecular flexibility index (Phi) is 6.06. The van der Waals surface area contributed by atoms with Crippen LogP contribution >= 0.6 is 0 Å². The third-order valence-electron chi connectivity index (χ3n) is 4.10. The summed E-state index contributed by atoms with van der Waals surface area (Å²) in [5.74, 6) is -0.330. The monoisotopic (exact) mass is 395 g/mol. The third-order valence-corrected chi connectivity index (χ3v) is 5.48. The Morgan fingerprint density at radius 1 is 1.00 bits per heavy atom. The van der Waals surface area contributed by atoms with E-state index >= 15 is 0 Å². The van der Waals surface area contributed by atoms with Gasteiger partial charge in [0.25, 0.3) is 15.9 Å². The van der Waals surface area contributed by atoms with E-state index in [1.807, 2.05) is 37.3 Å². The summed E-state index contributed by atoms with van der Waals surface area (Å²) in [5, 5.41) is 2.79. The van der Waals surface area contributed by atoms with E-state index in [-0.39, 0.29) is 16.4 Å². The fourth-order valence-electron chi connectivity index (χ4n) is 2.59. The number of amides is 1. The van der Waals surface area contributed by atoms with Crippen molar-refractivity contribution in [2.45, 2.75) is 18.2 Å². The van der Waals surface area contributed by atoms with Crippen molar-refractivity contribution >= 4 is 21.6 Å². The van der Waals surface area contributed by atoms with Gasteiger partial charge in [-0.3, -0.25) is 14.5 Å². The maximum atomic E-state index is 12.6. The lowest BCUT2D eigenvalue weighted by Gasteiger charge is -2.10. The maximum Gasteiger partial charge on any atom is 0.261 e. The molecule has 0 spiro atoms. The van der Waals surface area contributed by atoms with Crippen molar-refractivity contribution in [2.75, 3.05) is 11.3 Å². The molecule has 2 N–H and O–H groups in total. The maximum absolute atomic E-state index is 12.6. The van der Waals surface area contributed by atoms with Crippen LogP contribution in [0, 0.1) is 6.92 Å². The number of nitrogens with zero attached hydrogens (tertiary/aromatic N) is 1. The number of hydrogen-bond acceptors (Lipinski definition) is 4. The zero-order valence-electron chi connectivity index (χ0n) is 15.4. The van der Waals surface area contributed by atoms with Gasteiger partial charge in [-0.2, -0.15) is 0 Å². The SMILES string of the molecule is Cc1ccc(NS(=O)(=O)c2cccc(C(=O)NCCc3ccccn3)c2)cc1. The molecule has 1 amide bonds. The van der Waals surface area contributed by atoms with Crippen LogP contribution in [0.4, 0.5) is 5.69 Å². The number of aryl methyl sites for hydroxylation is 1. The largest absolute Gasteiger partial charge is 0.352 e. The zero-order chi connectivity index (χ0) is 20.0. The molecule has 0 aliphatic rings. The second-order valence-electron chi connectivity index (χ2n) is 6.33. The Morgan fingerprint density at radius 2 is 1.79 bits per heavy atom. The van der Waals surface area contributed by atoms with Crippen LogP contribution < -0.4 is 10.0 Å². The highest BCUT2D eigenvalue weighted by molar-refractivity contribution is 7.92. The Hall–Kier alpha value is -3.19. The van der Waals surface area contributed by atoms with Gasteiger partial charge in [-0.25, -0.2) is 8.42 Å². The first-order valence-electron chi connectivity index (χ1n) is 8.82. The zero-order valence-corrected chi connectivity index (χ0v) is 16.2. The molecule has 0 atom stereocenters. The number of aromatic nitrogens is 1. The molecule has 3 aromatic rings. The van der Waals surface area contributed by atoms with Gasteiger partial charge in [-0.15, -0.1) is 0 Å². The summed E-state index contributed by atoms with van der Waals surface area (Å²) in [6.45, 7) is 2.34. The Balaban J connectivity index is 1.66. The molecule has 0 radical (unpaired) electrons. The van der Waals surface area contributed by atoms with E-state index in [0.717, 1.165) is 11.3 Å². The molecule has 0 saturated heterocycles. The Bertz CT molecular complexity index is 1050. The highest BCUT2D eigenvalue weighted by atomic mass is 32.2. The molecule has 3 rings (SSSR count). The van der Waals surface area contributed by atoms with Crippen LogP contribution in [0.1, 0.15) is 21.6 Å². The molecule has 0 unspecified atom stereocenters. The Labute approximate surface area is 164 Å². The fourth-order valence-corrected chi connectivity index (χ4v) is 3.70. The van der Waals surface area contributed by atoms with Crippen LogP contribution in [0.2, 0.25) is 0 Å². The highest BCUT2D eigenvalue weighted by Crippen LogP contribution is 2.17. The van der Waals surface area contributed by atoms with E-state index in [1.54, 1.807) is 30.5 Å². The predicted octanol–water partition coefficient (Wildman–Crippen LogP) is 3.16. The van der Waals surface area contributed by atoms with E-state index in [2.05, 4.69) is 15.0 Å². The van der Waals surface area contributed by atoms with Gasteiger partial charge in [0.05, 0.1) is 4.90 Å². The highest BCUT2D eigenvalue weighted by Gasteiger charge is 2.16. The van der Waals surface area contributed by atoms with Gasteiger partial charge >= 0.3 is 0 Å². The van der Waals surface area contributed by atoms with E-state index in [4.69, 9.17) is 0 Å². The van der Waals surface area contributed by atoms with Crippen molar-refractivity contribution in [3.63, 3.8) is 0 Å². The number of anilines is 1. The summed E-state index contributed by atoms with van der Waals surface area (Å²) in [7, 11) is -3.79. The Morgan fingerprint density at radius 3 is 2.50 bits per heavy atom. The molecule has 2 aromatic carbocycles. The minimum atomic E-state index is -3.79. The van der Waals surface area contributed by atoms with Gasteiger partial charge in [0.15, 0.2) is 0 Å². The molecule has 0 aliphatic heterocycles. The molecule has 7 heteroatoms. The molecule has 0 bridgehead atoms. The summed E-state index contributed by atoms with van der Waals surface area (Å²) in [6.07, 6.45) is 2.30. The number of carbonyl (C=O) groups is 1. The summed E-state index contributed by atoms with van der Waals surface area (Å²) in [5.41, 5.74) is 2.66. The summed E-state index contributed by atoms with van der Waals surface area (Å²) in [4.78, 5) is 16.6. The van der Waals surface area contributed by atoms with E-state index in [9.17, 15) is 13.2 Å². The first-order chi connectivity index (χ1) is 13.4. The lowest BCUT2D eigenvalue weighted by molar-refractivity contribution is 0.0954. The fraction of sp³-hybridized carbons (Fsp3) is 0.143. The smallest absolute Gasteiger partial charge is 0.261 e. The van der Waals surface area contributed by atoms with Gasteiger partial charge in [-0.05, 0) is 49.4 Å². The lowest BCUT2D eigenvalue weighted by atomic mass is 10.2. The quantitative estimate of drug-likeness (QED) is 0.643. The molecular formula is C21H21N3O3S. The van der Waals surface area contributed by atoms with Gasteiger partial charge < -0.3 is 5.32 Å². The number of benzene rings is 2. The van der Waals surface area contributed by atoms with Gasteiger partial charge in [0.2, 0.25) is 0 Å². The van der Waals surface area contributed by atoms with E-state index in [0.29, 0.717) is 18.7 Å². The van der Waals surface area contributed by atoms with Crippen LogP contribution in [-0.2, 0) is 16.4 Å². The summed E-state index contributed by atoms with van der Waals surface area (Å²) < 4.78 is 27.7. The topological polar surface area (TPSA) is 88.2 Å². The molecule has 6 nitrogen and oxygen atoms in total. The number of nitrogens with one attached hydrogen (secondary N) is 2. The number of carbonyl (C=O) groups excluding carboxylic acids is 1. The average Bonchev–Trinajstić information content (AvgIpc) is 2.70. The van der Waals surface area contributed by atoms with Crippen molar-refractivity contribution in [1.82, 2.24) is 10.3 Å². The van der Waals surface area contributed by atoms with Gasteiger partial charge in [0.1, 0.15) is 0 Å². The van der Waals surface area contributed by atoms with E-state index in [1.165, 1.54) is 12.1 Å². The molecule has 144 valence electrons. The third kappa shape index (κ3) is 5.17. The summed E-state index contributed by atoms with van der Waals surface area (Å²) in [6, 6.07) is 18.6. The van der Waals surface area contributed by atoms with Crippen LogP contribution in [0.5, 0.6) is 0 Å². The molecule has 28 heavy (non-hydrogen) atoms. The molecule has 1 aromatic heterocycles. The van der Waals surface area contributed by atoms with Crippen molar-refractivity contribution < 1.29 is 13.2 Å². The second kappa shape index (κ2) is 8.67. The molecule has 0 fully saturated rings. The average molecular weight is 395 g/mol. The van der Waals surface area contributed by atoms with Crippen LogP contribution in [0.25, 0.3) is 0 Å². The van der Waals surface area contributed by atoms with Crippen molar-refractivity contribution in [1.29, 1.82) is 0 Å². The first-order valence-corrected chi connectivity index (χ1v) is 10.3. The van der Waals surface area contributed by atoms with Gasteiger partial charge in [0, 0.05) is 36.1 Å². The molecule has 0 aliphatic carbocycles. The van der Waals surface area contributed by atoms with E-state index < -0.39 is 10.0 Å². The normalized spacial score (nSPS) is 11.0. The lowest BCUT2D eigenvalue weighted by Crippen LogP contribution is -2.26. The number of pyridine rings is 1. The van der Waals surface area contributed by atoms with Crippen molar-refractivity contribution in [3.8, 4) is 0 Å². The molecule has 1 heterocycles. The predicted molar refractivity (Wildman–Crippen MR) is 109 cm³/mol. The molecule has 0 saturated carbocycles. The second-order valence-corrected chi connectivity index (χ2v) is 8.01. The minimum absolute atomic E-state index is 0.0328. The number of sulfonamides is 1. The van der Waals surface area contributed by atoms with Crippen molar-refractivity contribution in [2.24, 2.45) is 0 Å². The van der Waals surface area contributed by atoms with Crippen molar-refractivity contribution in [3.05, 3.63) is 89.7 Å². The molecular weight excluding hydrogens is 374 g/mol. The first kappa shape index (κ1) is 19.6.